The van der Waals surface area contributed by atoms with Crippen molar-refractivity contribution in [3.63, 3.8) is 0 Å². The number of esters is 1. The highest BCUT2D eigenvalue weighted by Crippen LogP contribution is 2.24. The van der Waals surface area contributed by atoms with Crippen LogP contribution in [-0.2, 0) is 14.3 Å². The third kappa shape index (κ3) is 6.54. The molecule has 1 fully saturated rings. The molecule has 1 aliphatic carbocycles. The van der Waals surface area contributed by atoms with Crippen LogP contribution in [0.4, 0.5) is 4.79 Å². The minimum atomic E-state index is -0.615. The van der Waals surface area contributed by atoms with E-state index >= 15 is 0 Å². The molecule has 0 aromatic rings. The molecule has 1 saturated carbocycles. The molecule has 0 atom stereocenters. The minimum absolute atomic E-state index is 0.0973. The molecule has 0 unspecified atom stereocenters. The van der Waals surface area contributed by atoms with Crippen LogP contribution < -0.4 is 10.6 Å². The summed E-state index contributed by atoms with van der Waals surface area (Å²) in [4.78, 5) is 34.6. The second kappa shape index (κ2) is 7.26. The molecule has 0 heterocycles. The highest BCUT2D eigenvalue weighted by molar-refractivity contribution is 5.95. The summed E-state index contributed by atoms with van der Waals surface area (Å²) in [5.41, 5.74) is -0.427. The van der Waals surface area contributed by atoms with E-state index < -0.39 is 24.1 Å². The zero-order valence-corrected chi connectivity index (χ0v) is 12.5. The Kier molecular flexibility index (Phi) is 5.98. The number of amides is 3. The summed E-state index contributed by atoms with van der Waals surface area (Å²) in [5, 5.41) is 4.72. The van der Waals surface area contributed by atoms with Gasteiger partial charge in [-0.2, -0.15) is 0 Å². The van der Waals surface area contributed by atoms with Crippen molar-refractivity contribution in [1.29, 1.82) is 0 Å². The van der Waals surface area contributed by atoms with Gasteiger partial charge in [-0.05, 0) is 33.6 Å². The van der Waals surface area contributed by atoms with Crippen molar-refractivity contribution >= 4 is 17.9 Å². The number of hydrogen-bond donors (Lipinski definition) is 2. The Balaban J connectivity index is 2.25. The summed E-state index contributed by atoms with van der Waals surface area (Å²) in [6.07, 6.45) is 4.85. The van der Waals surface area contributed by atoms with Crippen molar-refractivity contribution in [2.75, 3.05) is 6.61 Å². The third-order valence-electron chi connectivity index (χ3n) is 3.03. The topological polar surface area (TPSA) is 84.5 Å². The third-order valence-corrected chi connectivity index (χ3v) is 3.03. The Morgan fingerprint density at radius 3 is 2.25 bits per heavy atom. The molecular formula is C14H24N2O4. The van der Waals surface area contributed by atoms with Gasteiger partial charge in [0.1, 0.15) is 0 Å². The molecule has 2 N–H and O–H groups in total. The fourth-order valence-corrected chi connectivity index (χ4v) is 2.13. The second-order valence-electron chi connectivity index (χ2n) is 6.19. The number of carbonyl (C=O) groups is 3. The molecule has 0 aromatic carbocycles. The lowest BCUT2D eigenvalue weighted by Crippen LogP contribution is -2.49. The number of ether oxygens (including phenoxy) is 1. The lowest BCUT2D eigenvalue weighted by Gasteiger charge is -2.21. The second-order valence-corrected chi connectivity index (χ2v) is 6.19. The van der Waals surface area contributed by atoms with E-state index in [4.69, 9.17) is 4.74 Å². The average Bonchev–Trinajstić information content (AvgIpc) is 2.34. The quantitative estimate of drug-likeness (QED) is 0.773. The van der Waals surface area contributed by atoms with E-state index in [-0.39, 0.29) is 11.9 Å². The van der Waals surface area contributed by atoms with Crippen LogP contribution in [0.5, 0.6) is 0 Å². The molecule has 0 radical (unpaired) electrons. The Hall–Kier alpha value is -1.59. The van der Waals surface area contributed by atoms with Crippen LogP contribution >= 0.6 is 0 Å². The fraction of sp³-hybridized carbons (Fsp3) is 0.786. The highest BCUT2D eigenvalue weighted by Gasteiger charge is 2.23. The largest absolute Gasteiger partial charge is 0.455 e. The molecule has 6 heteroatoms. The summed E-state index contributed by atoms with van der Waals surface area (Å²) in [7, 11) is 0. The first-order valence-electron chi connectivity index (χ1n) is 7.06. The maximum Gasteiger partial charge on any atom is 0.321 e. The monoisotopic (exact) mass is 284 g/mol. The van der Waals surface area contributed by atoms with Gasteiger partial charge in [-0.1, -0.05) is 19.3 Å². The van der Waals surface area contributed by atoms with Gasteiger partial charge in [0.05, 0.1) is 5.92 Å². The van der Waals surface area contributed by atoms with Gasteiger partial charge in [-0.3, -0.25) is 14.9 Å². The summed E-state index contributed by atoms with van der Waals surface area (Å²) in [6, 6.07) is -0.587. The molecule has 1 rings (SSSR count). The van der Waals surface area contributed by atoms with Gasteiger partial charge in [0.15, 0.2) is 6.61 Å². The van der Waals surface area contributed by atoms with E-state index in [1.807, 2.05) is 0 Å². The van der Waals surface area contributed by atoms with Crippen molar-refractivity contribution in [3.8, 4) is 0 Å². The van der Waals surface area contributed by atoms with Gasteiger partial charge in [0, 0.05) is 5.54 Å². The number of hydrogen-bond acceptors (Lipinski definition) is 4. The maximum absolute atomic E-state index is 11.7. The molecule has 20 heavy (non-hydrogen) atoms. The maximum atomic E-state index is 11.7. The van der Waals surface area contributed by atoms with Crippen molar-refractivity contribution in [3.05, 3.63) is 0 Å². The number of carbonyl (C=O) groups excluding carboxylic acids is 3. The van der Waals surface area contributed by atoms with E-state index in [0.717, 1.165) is 32.1 Å². The fourth-order valence-electron chi connectivity index (χ4n) is 2.13. The van der Waals surface area contributed by atoms with Crippen LogP contribution in [0.2, 0.25) is 0 Å². The summed E-state index contributed by atoms with van der Waals surface area (Å²) in [6.45, 7) is 5.01. The molecule has 3 amide bonds. The first-order valence-corrected chi connectivity index (χ1v) is 7.06. The lowest BCUT2D eigenvalue weighted by atomic mass is 9.89. The van der Waals surface area contributed by atoms with E-state index in [0.29, 0.717) is 0 Å². The van der Waals surface area contributed by atoms with Gasteiger partial charge in [-0.15, -0.1) is 0 Å². The molecule has 114 valence electrons. The Morgan fingerprint density at radius 1 is 1.10 bits per heavy atom. The smallest absolute Gasteiger partial charge is 0.321 e. The highest BCUT2D eigenvalue weighted by atomic mass is 16.5. The van der Waals surface area contributed by atoms with Crippen LogP contribution in [-0.4, -0.2) is 30.1 Å². The Bertz CT molecular complexity index is 368. The Morgan fingerprint density at radius 2 is 1.70 bits per heavy atom. The Labute approximate surface area is 119 Å². The van der Waals surface area contributed by atoms with Crippen molar-refractivity contribution in [2.24, 2.45) is 5.92 Å². The molecule has 0 aliphatic heterocycles. The number of imide groups is 1. The first kappa shape index (κ1) is 16.5. The van der Waals surface area contributed by atoms with E-state index in [1.54, 1.807) is 20.8 Å². The van der Waals surface area contributed by atoms with E-state index in [2.05, 4.69) is 10.6 Å². The zero-order chi connectivity index (χ0) is 15.2. The van der Waals surface area contributed by atoms with Crippen molar-refractivity contribution < 1.29 is 19.1 Å². The average molecular weight is 284 g/mol. The summed E-state index contributed by atoms with van der Waals surface area (Å²) < 4.78 is 4.94. The molecule has 0 saturated heterocycles. The van der Waals surface area contributed by atoms with Gasteiger partial charge >= 0.3 is 12.0 Å². The van der Waals surface area contributed by atoms with Gasteiger partial charge in [0.25, 0.3) is 5.91 Å². The molecule has 6 nitrogen and oxygen atoms in total. The molecule has 0 spiro atoms. The standard InChI is InChI=1S/C14H24N2O4/c1-14(2,3)16-13(19)15-11(17)9-20-12(18)10-7-5-4-6-8-10/h10H,4-9H2,1-3H3,(H2,15,16,17,19). The van der Waals surface area contributed by atoms with Gasteiger partial charge in [-0.25, -0.2) is 4.79 Å². The predicted molar refractivity (Wildman–Crippen MR) is 74.0 cm³/mol. The normalized spacial score (nSPS) is 16.4. The lowest BCUT2D eigenvalue weighted by molar-refractivity contribution is -0.153. The zero-order valence-electron chi connectivity index (χ0n) is 12.5. The van der Waals surface area contributed by atoms with Gasteiger partial charge < -0.3 is 10.1 Å². The van der Waals surface area contributed by atoms with E-state index in [9.17, 15) is 14.4 Å². The van der Waals surface area contributed by atoms with Crippen LogP contribution in [0.3, 0.4) is 0 Å². The number of rotatable bonds is 3. The first-order chi connectivity index (χ1) is 9.28. The predicted octanol–water partition coefficient (Wildman–Crippen LogP) is 1.73. The van der Waals surface area contributed by atoms with Crippen molar-refractivity contribution in [1.82, 2.24) is 10.6 Å². The summed E-state index contributed by atoms with van der Waals surface area (Å²) in [5.74, 6) is -1.05. The number of nitrogens with one attached hydrogen (secondary N) is 2. The van der Waals surface area contributed by atoms with E-state index in [1.165, 1.54) is 0 Å². The molecule has 1 aliphatic rings. The molecular weight excluding hydrogens is 260 g/mol. The van der Waals surface area contributed by atoms with Crippen molar-refractivity contribution in [2.45, 2.75) is 58.4 Å². The van der Waals surface area contributed by atoms with Crippen LogP contribution in [0.1, 0.15) is 52.9 Å². The minimum Gasteiger partial charge on any atom is -0.455 e. The molecule has 0 bridgehead atoms. The van der Waals surface area contributed by atoms with Crippen LogP contribution in [0, 0.1) is 5.92 Å². The molecule has 0 aromatic heterocycles. The number of urea groups is 1. The summed E-state index contributed by atoms with van der Waals surface area (Å²) >= 11 is 0. The van der Waals surface area contributed by atoms with Crippen LogP contribution in [0.25, 0.3) is 0 Å². The SMILES string of the molecule is CC(C)(C)NC(=O)NC(=O)COC(=O)C1CCCCC1. The van der Waals surface area contributed by atoms with Crippen LogP contribution in [0.15, 0.2) is 0 Å². The van der Waals surface area contributed by atoms with Gasteiger partial charge in [0.2, 0.25) is 0 Å².